The fourth-order valence-electron chi connectivity index (χ4n) is 1.74. The summed E-state index contributed by atoms with van der Waals surface area (Å²) in [6.45, 7) is 0.471. The van der Waals surface area contributed by atoms with E-state index in [0.717, 1.165) is 9.35 Å². The van der Waals surface area contributed by atoms with Crippen LogP contribution in [0.4, 0.5) is 11.4 Å². The lowest BCUT2D eigenvalue weighted by atomic mass is 10.1. The van der Waals surface area contributed by atoms with Crippen molar-refractivity contribution >= 4 is 44.5 Å². The molecule has 0 aliphatic heterocycles. The number of nitro groups is 1. The first-order valence-corrected chi connectivity index (χ1v) is 7.66. The number of hydrogen-bond donors (Lipinski definition) is 2. The Morgan fingerprint density at radius 3 is 2.76 bits per heavy atom. The van der Waals surface area contributed by atoms with Crippen LogP contribution in [0.2, 0.25) is 0 Å². The predicted molar refractivity (Wildman–Crippen MR) is 85.8 cm³/mol. The van der Waals surface area contributed by atoms with Gasteiger partial charge in [-0.3, -0.25) is 14.9 Å². The summed E-state index contributed by atoms with van der Waals surface area (Å²) in [6.07, 6.45) is 0. The zero-order valence-electron chi connectivity index (χ0n) is 11.1. The molecular formula is C13H12BrN3O3S. The van der Waals surface area contributed by atoms with E-state index in [4.69, 9.17) is 0 Å². The van der Waals surface area contributed by atoms with Crippen molar-refractivity contribution in [1.82, 2.24) is 5.32 Å². The summed E-state index contributed by atoms with van der Waals surface area (Å²) in [4.78, 5) is 23.2. The van der Waals surface area contributed by atoms with Crippen molar-refractivity contribution in [3.05, 3.63) is 54.7 Å². The molecule has 0 saturated carbocycles. The van der Waals surface area contributed by atoms with Crippen LogP contribution in [0, 0.1) is 10.1 Å². The third kappa shape index (κ3) is 3.59. The van der Waals surface area contributed by atoms with E-state index in [1.165, 1.54) is 13.1 Å². The third-order valence-electron chi connectivity index (χ3n) is 2.81. The normalized spacial score (nSPS) is 10.2. The average Bonchev–Trinajstić information content (AvgIpc) is 2.89. The number of hydrogen-bond acceptors (Lipinski definition) is 5. The SMILES string of the molecule is CNC(=O)c1ccc(NCc2sccc2Br)c([N+](=O)[O-])c1. The maximum absolute atomic E-state index is 11.5. The molecule has 0 aliphatic carbocycles. The Labute approximate surface area is 133 Å². The molecule has 0 bridgehead atoms. The first kappa shape index (κ1) is 15.5. The van der Waals surface area contributed by atoms with E-state index in [-0.39, 0.29) is 17.2 Å². The van der Waals surface area contributed by atoms with Crippen LogP contribution in [-0.2, 0) is 6.54 Å². The zero-order valence-corrected chi connectivity index (χ0v) is 13.5. The summed E-state index contributed by atoms with van der Waals surface area (Å²) in [5, 5.41) is 18.5. The van der Waals surface area contributed by atoms with Gasteiger partial charge in [-0.25, -0.2) is 0 Å². The summed E-state index contributed by atoms with van der Waals surface area (Å²) in [7, 11) is 1.48. The van der Waals surface area contributed by atoms with Crippen molar-refractivity contribution < 1.29 is 9.72 Å². The highest BCUT2D eigenvalue weighted by Crippen LogP contribution is 2.28. The molecule has 0 atom stereocenters. The maximum atomic E-state index is 11.5. The molecule has 0 saturated heterocycles. The van der Waals surface area contributed by atoms with Crippen molar-refractivity contribution in [3.8, 4) is 0 Å². The lowest BCUT2D eigenvalue weighted by molar-refractivity contribution is -0.384. The molecule has 0 unspecified atom stereocenters. The summed E-state index contributed by atoms with van der Waals surface area (Å²) >= 11 is 4.96. The van der Waals surface area contributed by atoms with Crippen LogP contribution in [0.1, 0.15) is 15.2 Å². The topological polar surface area (TPSA) is 84.3 Å². The van der Waals surface area contributed by atoms with Crippen LogP contribution >= 0.6 is 27.3 Å². The molecule has 0 fully saturated rings. The monoisotopic (exact) mass is 369 g/mol. The van der Waals surface area contributed by atoms with E-state index in [1.54, 1.807) is 23.5 Å². The first-order chi connectivity index (χ1) is 10.0. The van der Waals surface area contributed by atoms with E-state index < -0.39 is 4.92 Å². The molecule has 0 radical (unpaired) electrons. The molecule has 8 heteroatoms. The second kappa shape index (κ2) is 6.68. The molecule has 2 rings (SSSR count). The Bertz CT molecular complexity index is 687. The van der Waals surface area contributed by atoms with Gasteiger partial charge in [0.25, 0.3) is 11.6 Å². The van der Waals surface area contributed by atoms with Crippen molar-refractivity contribution in [2.75, 3.05) is 12.4 Å². The minimum atomic E-state index is -0.502. The van der Waals surface area contributed by atoms with Crippen molar-refractivity contribution in [3.63, 3.8) is 0 Å². The quantitative estimate of drug-likeness (QED) is 0.624. The molecule has 6 nitrogen and oxygen atoms in total. The number of thiophene rings is 1. The summed E-state index contributed by atoms with van der Waals surface area (Å²) in [5.41, 5.74) is 0.517. The second-order valence-electron chi connectivity index (χ2n) is 4.11. The van der Waals surface area contributed by atoms with E-state index in [2.05, 4.69) is 26.6 Å². The van der Waals surface area contributed by atoms with E-state index in [0.29, 0.717) is 12.2 Å². The van der Waals surface area contributed by atoms with Crippen LogP contribution in [0.15, 0.2) is 34.1 Å². The molecule has 1 aromatic heterocycles. The van der Waals surface area contributed by atoms with Gasteiger partial charge < -0.3 is 10.6 Å². The zero-order chi connectivity index (χ0) is 15.4. The van der Waals surface area contributed by atoms with Gasteiger partial charge in [0.15, 0.2) is 0 Å². The molecule has 110 valence electrons. The minimum Gasteiger partial charge on any atom is -0.375 e. The Morgan fingerprint density at radius 1 is 1.43 bits per heavy atom. The van der Waals surface area contributed by atoms with E-state index in [9.17, 15) is 14.9 Å². The smallest absolute Gasteiger partial charge is 0.293 e. The molecule has 21 heavy (non-hydrogen) atoms. The highest BCUT2D eigenvalue weighted by atomic mass is 79.9. The number of rotatable bonds is 5. The van der Waals surface area contributed by atoms with Gasteiger partial charge >= 0.3 is 0 Å². The Kier molecular flexibility index (Phi) is 4.92. The standard InChI is InChI=1S/C13H12BrN3O3S/c1-15-13(18)8-2-3-10(11(6-8)17(19)20)16-7-12-9(14)4-5-21-12/h2-6,16H,7H2,1H3,(H,15,18). The molecule has 1 amide bonds. The van der Waals surface area contributed by atoms with Crippen LogP contribution in [-0.4, -0.2) is 17.9 Å². The van der Waals surface area contributed by atoms with Gasteiger partial charge in [0.2, 0.25) is 0 Å². The summed E-state index contributed by atoms with van der Waals surface area (Å²) < 4.78 is 0.963. The Balaban J connectivity index is 2.24. The van der Waals surface area contributed by atoms with Gasteiger partial charge in [0.05, 0.1) is 11.5 Å². The van der Waals surface area contributed by atoms with Gasteiger partial charge in [0, 0.05) is 28.0 Å². The summed E-state index contributed by atoms with van der Waals surface area (Å²) in [6, 6.07) is 6.29. The number of amides is 1. The fourth-order valence-corrected chi connectivity index (χ4v) is 3.18. The predicted octanol–water partition coefficient (Wildman–Crippen LogP) is 3.39. The lowest BCUT2D eigenvalue weighted by Gasteiger charge is -2.08. The Hall–Kier alpha value is -1.93. The number of anilines is 1. The molecular weight excluding hydrogens is 358 g/mol. The lowest BCUT2D eigenvalue weighted by Crippen LogP contribution is -2.18. The summed E-state index contributed by atoms with van der Waals surface area (Å²) in [5.74, 6) is -0.356. The fraction of sp³-hybridized carbons (Fsp3) is 0.154. The number of nitrogens with one attached hydrogen (secondary N) is 2. The molecule has 2 aromatic rings. The van der Waals surface area contributed by atoms with E-state index >= 15 is 0 Å². The third-order valence-corrected chi connectivity index (χ3v) is 4.74. The molecule has 1 heterocycles. The highest BCUT2D eigenvalue weighted by molar-refractivity contribution is 9.10. The number of carbonyl (C=O) groups excluding carboxylic acids is 1. The van der Waals surface area contributed by atoms with Crippen LogP contribution in [0.25, 0.3) is 0 Å². The highest BCUT2D eigenvalue weighted by Gasteiger charge is 2.17. The molecule has 1 aromatic carbocycles. The first-order valence-electron chi connectivity index (χ1n) is 5.99. The van der Waals surface area contributed by atoms with Gasteiger partial charge in [-0.05, 0) is 39.5 Å². The Morgan fingerprint density at radius 2 is 2.19 bits per heavy atom. The van der Waals surface area contributed by atoms with Crippen LogP contribution in [0.5, 0.6) is 0 Å². The van der Waals surface area contributed by atoms with Gasteiger partial charge in [-0.1, -0.05) is 0 Å². The van der Waals surface area contributed by atoms with Crippen LogP contribution < -0.4 is 10.6 Å². The number of carbonyl (C=O) groups is 1. The van der Waals surface area contributed by atoms with Crippen molar-refractivity contribution in [1.29, 1.82) is 0 Å². The number of benzene rings is 1. The number of halogens is 1. The van der Waals surface area contributed by atoms with Crippen molar-refractivity contribution in [2.45, 2.75) is 6.54 Å². The number of nitro benzene ring substituents is 1. The average molecular weight is 370 g/mol. The minimum absolute atomic E-state index is 0.122. The molecule has 0 spiro atoms. The van der Waals surface area contributed by atoms with Crippen molar-refractivity contribution in [2.24, 2.45) is 0 Å². The van der Waals surface area contributed by atoms with Gasteiger partial charge in [-0.2, -0.15) is 0 Å². The van der Waals surface area contributed by atoms with E-state index in [1.807, 2.05) is 11.4 Å². The largest absolute Gasteiger partial charge is 0.375 e. The molecule has 2 N–H and O–H groups in total. The maximum Gasteiger partial charge on any atom is 0.293 e. The van der Waals surface area contributed by atoms with Gasteiger partial charge in [0.1, 0.15) is 5.69 Å². The van der Waals surface area contributed by atoms with Crippen LogP contribution in [0.3, 0.4) is 0 Å². The number of nitrogens with zero attached hydrogens (tertiary/aromatic N) is 1. The molecule has 0 aliphatic rings. The second-order valence-corrected chi connectivity index (χ2v) is 5.97. The van der Waals surface area contributed by atoms with Gasteiger partial charge in [-0.15, -0.1) is 11.3 Å².